The quantitative estimate of drug-likeness (QED) is 0.841. The zero-order valence-corrected chi connectivity index (χ0v) is 13.1. The van der Waals surface area contributed by atoms with Crippen molar-refractivity contribution in [3.05, 3.63) is 47.9 Å². The molecule has 7 heteroatoms. The van der Waals surface area contributed by atoms with Gasteiger partial charge in [-0.25, -0.2) is 9.97 Å². The molecule has 0 radical (unpaired) electrons. The Labute approximate surface area is 135 Å². The first-order valence-electron chi connectivity index (χ1n) is 7.10. The van der Waals surface area contributed by atoms with Gasteiger partial charge in [-0.15, -0.1) is 0 Å². The summed E-state index contributed by atoms with van der Waals surface area (Å²) in [5.74, 6) is 0.281. The maximum absolute atomic E-state index is 12.1. The van der Waals surface area contributed by atoms with Gasteiger partial charge < -0.3 is 15.5 Å². The standard InChI is InChI=1S/C16H18N6O/c1-22(2)8-7-18-15-11-19-14(10-20-15)16(23)21-13-5-3-12(9-17)4-6-13/h3-6,10-11H,7-8H2,1-2H3,(H,18,20)(H,21,23). The Morgan fingerprint density at radius 1 is 1.22 bits per heavy atom. The van der Waals surface area contributed by atoms with Crippen LogP contribution in [0.25, 0.3) is 0 Å². The predicted octanol–water partition coefficient (Wildman–Crippen LogP) is 1.57. The van der Waals surface area contributed by atoms with E-state index in [9.17, 15) is 4.79 Å². The molecule has 1 aromatic carbocycles. The largest absolute Gasteiger partial charge is 0.368 e. The number of carbonyl (C=O) groups is 1. The van der Waals surface area contributed by atoms with E-state index >= 15 is 0 Å². The lowest BCUT2D eigenvalue weighted by Crippen LogP contribution is -2.21. The number of anilines is 2. The molecule has 0 unspecified atom stereocenters. The normalized spacial score (nSPS) is 10.2. The summed E-state index contributed by atoms with van der Waals surface area (Å²) >= 11 is 0. The number of likely N-dealkylation sites (N-methyl/N-ethyl adjacent to an activating group) is 1. The van der Waals surface area contributed by atoms with Crippen molar-refractivity contribution in [1.82, 2.24) is 14.9 Å². The molecule has 1 aromatic heterocycles. The van der Waals surface area contributed by atoms with E-state index in [4.69, 9.17) is 5.26 Å². The third-order valence-corrected chi connectivity index (χ3v) is 3.02. The number of nitrogens with one attached hydrogen (secondary N) is 2. The first-order chi connectivity index (χ1) is 11.1. The molecule has 1 heterocycles. The molecule has 0 atom stereocenters. The second-order valence-corrected chi connectivity index (χ2v) is 5.16. The van der Waals surface area contributed by atoms with Crippen molar-refractivity contribution < 1.29 is 4.79 Å². The van der Waals surface area contributed by atoms with Crippen molar-refractivity contribution in [2.24, 2.45) is 0 Å². The molecule has 118 valence electrons. The number of nitrogens with zero attached hydrogens (tertiary/aromatic N) is 4. The minimum atomic E-state index is -0.345. The molecule has 0 bridgehead atoms. The van der Waals surface area contributed by atoms with E-state index in [1.807, 2.05) is 20.2 Å². The average molecular weight is 310 g/mol. The lowest BCUT2D eigenvalue weighted by molar-refractivity contribution is 0.102. The second-order valence-electron chi connectivity index (χ2n) is 5.16. The fourth-order valence-electron chi connectivity index (χ4n) is 1.77. The Morgan fingerprint density at radius 3 is 2.52 bits per heavy atom. The van der Waals surface area contributed by atoms with Crippen LogP contribution in [0.5, 0.6) is 0 Å². The van der Waals surface area contributed by atoms with E-state index in [1.54, 1.807) is 24.3 Å². The molecule has 0 aliphatic heterocycles. The monoisotopic (exact) mass is 310 g/mol. The summed E-state index contributed by atoms with van der Waals surface area (Å²) in [5, 5.41) is 14.6. The second kappa shape index (κ2) is 7.87. The van der Waals surface area contributed by atoms with E-state index in [0.29, 0.717) is 17.1 Å². The third-order valence-electron chi connectivity index (χ3n) is 3.02. The molecule has 0 aliphatic rings. The van der Waals surface area contributed by atoms with Crippen molar-refractivity contribution in [3.8, 4) is 6.07 Å². The summed E-state index contributed by atoms with van der Waals surface area (Å²) in [6, 6.07) is 8.64. The van der Waals surface area contributed by atoms with Gasteiger partial charge in [-0.2, -0.15) is 5.26 Å². The highest BCUT2D eigenvalue weighted by atomic mass is 16.1. The lowest BCUT2D eigenvalue weighted by Gasteiger charge is -2.10. The Hall–Kier alpha value is -2.98. The van der Waals surface area contributed by atoms with Gasteiger partial charge in [-0.05, 0) is 38.4 Å². The predicted molar refractivity (Wildman–Crippen MR) is 88.2 cm³/mol. The fourth-order valence-corrected chi connectivity index (χ4v) is 1.77. The summed E-state index contributed by atoms with van der Waals surface area (Å²) in [6.07, 6.45) is 2.96. The summed E-state index contributed by atoms with van der Waals surface area (Å²) in [7, 11) is 3.98. The van der Waals surface area contributed by atoms with Gasteiger partial charge >= 0.3 is 0 Å². The van der Waals surface area contributed by atoms with E-state index in [1.165, 1.54) is 12.4 Å². The van der Waals surface area contributed by atoms with Crippen LogP contribution in [0.3, 0.4) is 0 Å². The van der Waals surface area contributed by atoms with Crippen molar-refractivity contribution in [2.45, 2.75) is 0 Å². The summed E-state index contributed by atoms with van der Waals surface area (Å²) in [5.41, 5.74) is 1.37. The zero-order valence-electron chi connectivity index (χ0n) is 13.1. The van der Waals surface area contributed by atoms with Gasteiger partial charge in [0.1, 0.15) is 11.5 Å². The molecule has 0 saturated heterocycles. The molecule has 2 rings (SSSR count). The molecule has 0 aliphatic carbocycles. The van der Waals surface area contributed by atoms with E-state index in [0.717, 1.165) is 13.1 Å². The number of carbonyl (C=O) groups excluding carboxylic acids is 1. The van der Waals surface area contributed by atoms with Gasteiger partial charge in [0.05, 0.1) is 24.0 Å². The van der Waals surface area contributed by atoms with Crippen LogP contribution in [0.1, 0.15) is 16.1 Å². The summed E-state index contributed by atoms with van der Waals surface area (Å²) in [4.78, 5) is 22.4. The van der Waals surface area contributed by atoms with E-state index in [2.05, 4.69) is 25.5 Å². The van der Waals surface area contributed by atoms with Crippen LogP contribution in [0.2, 0.25) is 0 Å². The first-order valence-corrected chi connectivity index (χ1v) is 7.10. The number of aromatic nitrogens is 2. The van der Waals surface area contributed by atoms with Crippen LogP contribution >= 0.6 is 0 Å². The van der Waals surface area contributed by atoms with Gasteiger partial charge in [0, 0.05) is 18.8 Å². The van der Waals surface area contributed by atoms with Crippen molar-refractivity contribution in [1.29, 1.82) is 5.26 Å². The molecule has 1 amide bonds. The minimum absolute atomic E-state index is 0.229. The van der Waals surface area contributed by atoms with Gasteiger partial charge in [-0.3, -0.25) is 4.79 Å². The fraction of sp³-hybridized carbons (Fsp3) is 0.250. The third kappa shape index (κ3) is 5.05. The smallest absolute Gasteiger partial charge is 0.275 e. The Balaban J connectivity index is 1.93. The lowest BCUT2D eigenvalue weighted by atomic mass is 10.2. The molecule has 2 aromatic rings. The number of hydrogen-bond donors (Lipinski definition) is 2. The molecule has 2 N–H and O–H groups in total. The Bertz CT molecular complexity index is 688. The highest BCUT2D eigenvalue weighted by Crippen LogP contribution is 2.10. The topological polar surface area (TPSA) is 93.9 Å². The maximum atomic E-state index is 12.1. The number of amides is 1. The van der Waals surface area contributed by atoms with Crippen LogP contribution in [-0.4, -0.2) is 48.0 Å². The maximum Gasteiger partial charge on any atom is 0.275 e. The van der Waals surface area contributed by atoms with Crippen LogP contribution < -0.4 is 10.6 Å². The molecule has 7 nitrogen and oxygen atoms in total. The van der Waals surface area contributed by atoms with Crippen LogP contribution in [-0.2, 0) is 0 Å². The van der Waals surface area contributed by atoms with Gasteiger partial charge in [-0.1, -0.05) is 0 Å². The zero-order chi connectivity index (χ0) is 16.7. The number of benzene rings is 1. The van der Waals surface area contributed by atoms with Crippen LogP contribution in [0.4, 0.5) is 11.5 Å². The van der Waals surface area contributed by atoms with Crippen molar-refractivity contribution in [3.63, 3.8) is 0 Å². The highest BCUT2D eigenvalue weighted by Gasteiger charge is 2.08. The molecule has 23 heavy (non-hydrogen) atoms. The average Bonchev–Trinajstić information content (AvgIpc) is 2.56. The molecule has 0 spiro atoms. The van der Waals surface area contributed by atoms with E-state index < -0.39 is 0 Å². The summed E-state index contributed by atoms with van der Waals surface area (Å²) < 4.78 is 0. The van der Waals surface area contributed by atoms with Crippen LogP contribution in [0, 0.1) is 11.3 Å². The van der Waals surface area contributed by atoms with Gasteiger partial charge in [0.25, 0.3) is 5.91 Å². The van der Waals surface area contributed by atoms with Gasteiger partial charge in [0.2, 0.25) is 0 Å². The minimum Gasteiger partial charge on any atom is -0.368 e. The first kappa shape index (κ1) is 16.4. The summed E-state index contributed by atoms with van der Waals surface area (Å²) in [6.45, 7) is 1.63. The molecular weight excluding hydrogens is 292 g/mol. The number of rotatable bonds is 6. The van der Waals surface area contributed by atoms with Crippen molar-refractivity contribution >= 4 is 17.4 Å². The Morgan fingerprint density at radius 2 is 1.96 bits per heavy atom. The SMILES string of the molecule is CN(C)CCNc1cnc(C(=O)Nc2ccc(C#N)cc2)cn1. The Kier molecular flexibility index (Phi) is 5.61. The molecule has 0 saturated carbocycles. The van der Waals surface area contributed by atoms with Crippen LogP contribution in [0.15, 0.2) is 36.7 Å². The van der Waals surface area contributed by atoms with Gasteiger partial charge in [0.15, 0.2) is 0 Å². The highest BCUT2D eigenvalue weighted by molar-refractivity contribution is 6.02. The number of hydrogen-bond acceptors (Lipinski definition) is 6. The number of nitriles is 1. The van der Waals surface area contributed by atoms with Crippen molar-refractivity contribution in [2.75, 3.05) is 37.8 Å². The molecular formula is C16H18N6O. The molecule has 0 fully saturated rings. The van der Waals surface area contributed by atoms with E-state index in [-0.39, 0.29) is 11.6 Å².